The molecule has 3 aromatic heterocycles. The van der Waals surface area contributed by atoms with E-state index in [1.807, 2.05) is 0 Å². The number of nitrogens with one attached hydrogen (secondary N) is 1. The first-order valence-corrected chi connectivity index (χ1v) is 14.3. The van der Waals surface area contributed by atoms with Crippen LogP contribution in [0.3, 0.4) is 0 Å². The molecule has 21 nitrogen and oxygen atoms in total. The number of esters is 1. The molecule has 0 saturated carbocycles. The zero-order valence-electron chi connectivity index (χ0n) is 22.7. The zero-order valence-corrected chi connectivity index (χ0v) is 24.3. The summed E-state index contributed by atoms with van der Waals surface area (Å²) in [5.74, 6) is -6.69. The predicted octanol–water partition coefficient (Wildman–Crippen LogP) is -1.58. The molecule has 0 radical (unpaired) electrons. The highest BCUT2D eigenvalue weighted by atomic mass is 32.2. The Morgan fingerprint density at radius 3 is 2.56 bits per heavy atom. The Bertz CT molecular complexity index is 1890. The third kappa shape index (κ3) is 6.68. The number of pyridine rings is 1. The molecule has 0 unspecified atom stereocenters. The van der Waals surface area contributed by atoms with Crippen LogP contribution in [0, 0.1) is 0 Å². The first-order valence-electron chi connectivity index (χ1n) is 12.0. The third-order valence-corrected chi connectivity index (χ3v) is 7.56. The molecule has 1 saturated heterocycles. The maximum atomic E-state index is 13.1. The summed E-state index contributed by atoms with van der Waals surface area (Å²) < 4.78 is 43.3. The number of hydrogen-bond acceptors (Lipinski definition) is 17. The van der Waals surface area contributed by atoms with E-state index in [0.29, 0.717) is 10.9 Å². The van der Waals surface area contributed by atoms with Crippen LogP contribution in [0.1, 0.15) is 30.1 Å². The molecule has 240 valence electrons. The number of ether oxygens (including phenoxy) is 1. The highest BCUT2D eigenvalue weighted by Crippen LogP contribution is 2.26. The molecule has 3 aromatic rings. The lowest BCUT2D eigenvalue weighted by molar-refractivity contribution is -0.161. The molecule has 0 spiro atoms. The summed E-state index contributed by atoms with van der Waals surface area (Å²) in [6.45, 7) is 1.30. The van der Waals surface area contributed by atoms with E-state index >= 15 is 0 Å². The van der Waals surface area contributed by atoms with Crippen molar-refractivity contribution >= 4 is 56.2 Å². The van der Waals surface area contributed by atoms with Crippen molar-refractivity contribution in [2.75, 3.05) is 12.3 Å². The van der Waals surface area contributed by atoms with Crippen LogP contribution in [0.25, 0.3) is 11.4 Å². The van der Waals surface area contributed by atoms with Gasteiger partial charge in [0.1, 0.15) is 35.8 Å². The Labute approximate surface area is 253 Å². The van der Waals surface area contributed by atoms with Gasteiger partial charge in [-0.3, -0.25) is 18.9 Å². The summed E-state index contributed by atoms with van der Waals surface area (Å²) in [5.41, 5.74) is 1.39. The summed E-state index contributed by atoms with van der Waals surface area (Å²) in [7, 11) is -5.22. The summed E-state index contributed by atoms with van der Waals surface area (Å²) in [6.07, 6.45) is 0.662. The van der Waals surface area contributed by atoms with Crippen LogP contribution in [0.15, 0.2) is 38.2 Å². The van der Waals surface area contributed by atoms with Gasteiger partial charge in [0, 0.05) is 17.5 Å². The normalized spacial score (nSPS) is 17.0. The molecule has 45 heavy (non-hydrogen) atoms. The number of carboxylic acids is 1. The Kier molecular flexibility index (Phi) is 8.53. The summed E-state index contributed by atoms with van der Waals surface area (Å²) in [5, 5.41) is 39.0. The smallest absolute Gasteiger partial charge is 0.377 e. The average molecular weight is 672 g/mol. The molecule has 7 N–H and O–H groups in total. The third-order valence-electron chi connectivity index (χ3n) is 5.93. The number of nitrogens with two attached hydrogens (primary N) is 1. The number of anilines is 1. The van der Waals surface area contributed by atoms with Crippen molar-refractivity contribution in [3.05, 3.63) is 45.4 Å². The minimum atomic E-state index is -5.22. The number of nitrogen functional groups attached to an aromatic ring is 1. The van der Waals surface area contributed by atoms with Crippen LogP contribution < -0.4 is 16.5 Å². The second-order valence-electron chi connectivity index (χ2n) is 9.48. The maximum Gasteiger partial charge on any atom is 0.377 e. The number of aliphatic carboxylic acids is 1. The summed E-state index contributed by atoms with van der Waals surface area (Å²) in [6, 6.07) is -1.74. The van der Waals surface area contributed by atoms with Crippen LogP contribution in [-0.2, 0) is 34.3 Å². The number of amides is 2. The van der Waals surface area contributed by atoms with E-state index in [2.05, 4.69) is 20.6 Å². The van der Waals surface area contributed by atoms with Gasteiger partial charge in [-0.25, -0.2) is 18.9 Å². The first kappa shape index (κ1) is 32.4. The number of carbonyl (C=O) groups is 4. The maximum absolute atomic E-state index is 13.1. The van der Waals surface area contributed by atoms with Gasteiger partial charge in [0.2, 0.25) is 16.8 Å². The van der Waals surface area contributed by atoms with Gasteiger partial charge < -0.3 is 40.6 Å². The Hall–Kier alpha value is -5.55. The van der Waals surface area contributed by atoms with Gasteiger partial charge in [-0.2, -0.15) is 13.1 Å². The molecule has 23 heteroatoms. The van der Waals surface area contributed by atoms with Crippen LogP contribution in [0.4, 0.5) is 5.13 Å². The second-order valence-corrected chi connectivity index (χ2v) is 11.7. The lowest BCUT2D eigenvalue weighted by Gasteiger charge is -2.43. The topological polar surface area (TPSA) is 316 Å². The molecule has 0 aliphatic carbocycles. The van der Waals surface area contributed by atoms with Gasteiger partial charge in [0.05, 0.1) is 6.20 Å². The van der Waals surface area contributed by atoms with E-state index in [-0.39, 0.29) is 26.5 Å². The fraction of sp³-hybridized carbons (Fsp3) is 0.273. The van der Waals surface area contributed by atoms with Crippen molar-refractivity contribution in [2.45, 2.75) is 31.5 Å². The molecule has 4 rings (SSSR count). The molecule has 1 aliphatic heterocycles. The van der Waals surface area contributed by atoms with E-state index in [4.69, 9.17) is 19.8 Å². The molecule has 0 aromatic carbocycles. The molecule has 1 fully saturated rings. The quantitative estimate of drug-likeness (QED) is 0.0334. The molecule has 4 heterocycles. The fourth-order valence-corrected chi connectivity index (χ4v) is 4.98. The number of nitrogens with zero attached hydrogens (tertiary/aromatic N) is 5. The summed E-state index contributed by atoms with van der Waals surface area (Å²) in [4.78, 5) is 70.3. The number of carbonyl (C=O) groups excluding carboxylic acids is 3. The van der Waals surface area contributed by atoms with Gasteiger partial charge in [-0.05, 0) is 13.8 Å². The van der Waals surface area contributed by atoms with E-state index in [0.717, 1.165) is 37.3 Å². The molecular weight excluding hydrogens is 650 g/mol. The van der Waals surface area contributed by atoms with E-state index in [9.17, 15) is 52.4 Å². The number of carboxylic acid groups (broad SMARTS) is 1. The van der Waals surface area contributed by atoms with Crippen molar-refractivity contribution < 1.29 is 61.7 Å². The van der Waals surface area contributed by atoms with Gasteiger partial charge >= 0.3 is 22.2 Å². The summed E-state index contributed by atoms with van der Waals surface area (Å²) >= 11 is 0.878. The SMILES string of the molecule is CC(C)(ON=C(C(=O)N[C@@H]1C(=O)N(S(=O)(=O)O)[C@@H]1COC(=O)c1cc(-c2cc(=O)c(O)cn2O)no1)c1csc(N)n1)C(=O)O. The number of hydrogen-bond donors (Lipinski definition) is 6. The second kappa shape index (κ2) is 11.9. The number of thiazole rings is 1. The molecule has 2 atom stereocenters. The van der Waals surface area contributed by atoms with E-state index in [1.165, 1.54) is 5.38 Å². The number of rotatable bonds is 11. The van der Waals surface area contributed by atoms with Crippen LogP contribution in [0.5, 0.6) is 5.75 Å². The van der Waals surface area contributed by atoms with Gasteiger partial charge in [0.15, 0.2) is 16.6 Å². The molecule has 1 aliphatic rings. The molecular formula is C22H21N7O14S2. The number of β-lactam (4-membered cyclic amide) rings is 1. The van der Waals surface area contributed by atoms with Crippen LogP contribution in [0.2, 0.25) is 0 Å². The Morgan fingerprint density at radius 1 is 1.27 bits per heavy atom. The largest absolute Gasteiger partial charge is 0.503 e. The minimum absolute atomic E-state index is 0.0201. The van der Waals surface area contributed by atoms with Crippen molar-refractivity contribution in [3.63, 3.8) is 0 Å². The highest BCUT2D eigenvalue weighted by molar-refractivity contribution is 7.84. The lowest BCUT2D eigenvalue weighted by Crippen LogP contribution is -2.73. The molecule has 2 amide bonds. The van der Waals surface area contributed by atoms with Crippen LogP contribution in [-0.4, -0.2) is 101 Å². The van der Waals surface area contributed by atoms with Crippen molar-refractivity contribution in [3.8, 4) is 17.1 Å². The first-order chi connectivity index (χ1) is 20.9. The molecule has 0 bridgehead atoms. The number of aromatic nitrogens is 3. The number of oxime groups is 1. The Balaban J connectivity index is 1.54. The predicted molar refractivity (Wildman–Crippen MR) is 145 cm³/mol. The van der Waals surface area contributed by atoms with Crippen molar-refractivity contribution in [1.29, 1.82) is 0 Å². The van der Waals surface area contributed by atoms with Gasteiger partial charge in [-0.15, -0.1) is 11.3 Å². The van der Waals surface area contributed by atoms with Crippen LogP contribution >= 0.6 is 11.3 Å². The van der Waals surface area contributed by atoms with Crippen molar-refractivity contribution in [1.82, 2.24) is 24.5 Å². The zero-order chi connectivity index (χ0) is 33.4. The standard InChI is InChI=1S/C22H21N7O14S2/c1-22(2,20(35)36)43-27-15(9-7-44-21(23)24-9)17(32)25-16-11(29(18(16)33)45(38,39)40)6-41-19(34)14-3-8(26-42-14)10-4-12(30)13(31)5-28(10)37/h3-5,7,11,16,31,37H,6H2,1-2H3,(H2,23,24)(H,25,32)(H,35,36)(H,38,39,40)/t11-,16+/m1/s1. The number of aromatic hydroxyl groups is 1. The van der Waals surface area contributed by atoms with E-state index in [1.54, 1.807) is 0 Å². The fourth-order valence-electron chi connectivity index (χ4n) is 3.56. The van der Waals surface area contributed by atoms with Gasteiger partial charge in [0.25, 0.3) is 11.8 Å². The Morgan fingerprint density at radius 2 is 1.96 bits per heavy atom. The van der Waals surface area contributed by atoms with Crippen molar-refractivity contribution in [2.24, 2.45) is 5.16 Å². The average Bonchev–Trinajstić information content (AvgIpc) is 3.60. The monoisotopic (exact) mass is 671 g/mol. The van der Waals surface area contributed by atoms with Gasteiger partial charge in [-0.1, -0.05) is 10.3 Å². The van der Waals surface area contributed by atoms with E-state index < -0.39 is 81.0 Å². The minimum Gasteiger partial charge on any atom is -0.503 e. The lowest BCUT2D eigenvalue weighted by atomic mass is 9.99. The highest BCUT2D eigenvalue weighted by Gasteiger charge is 2.55.